The topological polar surface area (TPSA) is 50.9 Å². The molecule has 0 aliphatic carbocycles. The molecule has 1 heterocycles. The molecular formula is C16H20ClN3S. The highest BCUT2D eigenvalue weighted by molar-refractivity contribution is 7.99. The third-order valence-electron chi connectivity index (χ3n) is 3.13. The summed E-state index contributed by atoms with van der Waals surface area (Å²) in [5.74, 6) is 1.58. The van der Waals surface area contributed by atoms with Crippen LogP contribution in [0.15, 0.2) is 47.5 Å². The first kappa shape index (κ1) is 16.1. The average molecular weight is 322 g/mol. The Labute approximate surface area is 135 Å². The lowest BCUT2D eigenvalue weighted by molar-refractivity contribution is 0.572. The molecule has 112 valence electrons. The molecule has 0 saturated heterocycles. The summed E-state index contributed by atoms with van der Waals surface area (Å²) in [5.41, 5.74) is 7.02. The molecule has 0 fully saturated rings. The van der Waals surface area contributed by atoms with Gasteiger partial charge in [-0.05, 0) is 42.8 Å². The van der Waals surface area contributed by atoms with Crippen molar-refractivity contribution in [2.75, 3.05) is 18.0 Å². The molecule has 3 nitrogen and oxygen atoms in total. The van der Waals surface area contributed by atoms with E-state index >= 15 is 0 Å². The molecule has 1 atom stereocenters. The Hall–Kier alpha value is -1.23. The molecule has 1 unspecified atom stereocenters. The molecule has 0 aliphatic rings. The number of halogens is 1. The number of hydrogen-bond acceptors (Lipinski definition) is 4. The van der Waals surface area contributed by atoms with Crippen molar-refractivity contribution in [3.05, 3.63) is 53.2 Å². The van der Waals surface area contributed by atoms with Crippen LogP contribution in [0.3, 0.4) is 0 Å². The highest BCUT2D eigenvalue weighted by Crippen LogP contribution is 2.23. The van der Waals surface area contributed by atoms with E-state index in [1.165, 1.54) is 4.90 Å². The Morgan fingerprint density at radius 3 is 2.90 bits per heavy atom. The summed E-state index contributed by atoms with van der Waals surface area (Å²) in [6.07, 6.45) is 2.60. The number of aromatic nitrogens is 1. The zero-order valence-electron chi connectivity index (χ0n) is 12.1. The van der Waals surface area contributed by atoms with Crippen LogP contribution < -0.4 is 11.1 Å². The van der Waals surface area contributed by atoms with Gasteiger partial charge in [0.15, 0.2) is 0 Å². The molecule has 0 spiro atoms. The van der Waals surface area contributed by atoms with Crippen LogP contribution in [0.2, 0.25) is 5.02 Å². The van der Waals surface area contributed by atoms with E-state index in [0.29, 0.717) is 11.9 Å². The normalized spacial score (nSPS) is 12.3. The van der Waals surface area contributed by atoms with Crippen LogP contribution in [0.4, 0.5) is 5.82 Å². The number of rotatable bonds is 7. The molecule has 5 heteroatoms. The number of anilines is 1. The van der Waals surface area contributed by atoms with Gasteiger partial charge in [0.05, 0.1) is 0 Å². The molecule has 3 N–H and O–H groups in total. The fraction of sp³-hybridized carbons (Fsp3) is 0.312. The van der Waals surface area contributed by atoms with Gasteiger partial charge in [-0.3, -0.25) is 0 Å². The number of thioether (sulfide) groups is 1. The first-order valence-electron chi connectivity index (χ1n) is 7.00. The van der Waals surface area contributed by atoms with Crippen molar-refractivity contribution in [1.82, 2.24) is 10.3 Å². The van der Waals surface area contributed by atoms with Crippen LogP contribution in [0, 0.1) is 0 Å². The maximum absolute atomic E-state index is 6.02. The van der Waals surface area contributed by atoms with E-state index in [9.17, 15) is 0 Å². The second-order valence-corrected chi connectivity index (χ2v) is 6.30. The fourth-order valence-electron chi connectivity index (χ4n) is 2.12. The minimum absolute atomic E-state index is 0.352. The number of nitrogens with two attached hydrogens (primary N) is 1. The molecule has 1 aromatic carbocycles. The summed E-state index contributed by atoms with van der Waals surface area (Å²) in [6.45, 7) is 3.05. The van der Waals surface area contributed by atoms with Gasteiger partial charge in [0.25, 0.3) is 0 Å². The van der Waals surface area contributed by atoms with Gasteiger partial charge in [0, 0.05) is 27.9 Å². The summed E-state index contributed by atoms with van der Waals surface area (Å²) in [7, 11) is 0. The van der Waals surface area contributed by atoms with E-state index in [-0.39, 0.29) is 0 Å². The lowest BCUT2D eigenvalue weighted by Gasteiger charge is -2.18. The number of hydrogen-bond donors (Lipinski definition) is 2. The molecule has 1 aromatic heterocycles. The summed E-state index contributed by atoms with van der Waals surface area (Å²) < 4.78 is 0. The van der Waals surface area contributed by atoms with Gasteiger partial charge in [-0.1, -0.05) is 30.7 Å². The SMILES string of the molecule is CCNC(CSc1cccc(Cl)c1)Cc1cccnc1N. The molecule has 2 rings (SSSR count). The number of nitrogens with zero attached hydrogens (tertiary/aromatic N) is 1. The number of benzene rings is 1. The van der Waals surface area contributed by atoms with E-state index < -0.39 is 0 Å². The van der Waals surface area contributed by atoms with Crippen molar-refractivity contribution in [1.29, 1.82) is 0 Å². The van der Waals surface area contributed by atoms with E-state index in [2.05, 4.69) is 23.3 Å². The van der Waals surface area contributed by atoms with Crippen LogP contribution in [0.1, 0.15) is 12.5 Å². The smallest absolute Gasteiger partial charge is 0.126 e. The summed E-state index contributed by atoms with van der Waals surface area (Å²) in [5, 5.41) is 4.28. The van der Waals surface area contributed by atoms with Gasteiger partial charge in [-0.2, -0.15) is 0 Å². The minimum atomic E-state index is 0.352. The van der Waals surface area contributed by atoms with Gasteiger partial charge in [-0.25, -0.2) is 4.98 Å². The lowest BCUT2D eigenvalue weighted by Crippen LogP contribution is -2.33. The Morgan fingerprint density at radius 2 is 2.19 bits per heavy atom. The monoisotopic (exact) mass is 321 g/mol. The van der Waals surface area contributed by atoms with Crippen molar-refractivity contribution < 1.29 is 0 Å². The predicted octanol–water partition coefficient (Wildman–Crippen LogP) is 3.63. The number of pyridine rings is 1. The van der Waals surface area contributed by atoms with Gasteiger partial charge in [0.1, 0.15) is 5.82 Å². The number of likely N-dealkylation sites (N-methyl/N-ethyl adjacent to an activating group) is 1. The molecule has 0 radical (unpaired) electrons. The zero-order chi connectivity index (χ0) is 15.1. The second kappa shape index (κ2) is 8.27. The maximum Gasteiger partial charge on any atom is 0.126 e. The quantitative estimate of drug-likeness (QED) is 0.765. The molecule has 0 aliphatic heterocycles. The largest absolute Gasteiger partial charge is 0.383 e. The standard InChI is InChI=1S/C16H20ClN3S/c1-2-19-14(9-12-5-4-8-20-16(12)18)11-21-15-7-3-6-13(17)10-15/h3-8,10,14,19H,2,9,11H2,1H3,(H2,18,20). The lowest BCUT2D eigenvalue weighted by atomic mass is 10.1. The van der Waals surface area contributed by atoms with Crippen molar-refractivity contribution in [3.8, 4) is 0 Å². The zero-order valence-corrected chi connectivity index (χ0v) is 13.6. The van der Waals surface area contributed by atoms with Gasteiger partial charge < -0.3 is 11.1 Å². The van der Waals surface area contributed by atoms with Crippen LogP contribution in [-0.2, 0) is 6.42 Å². The van der Waals surface area contributed by atoms with Crippen LogP contribution in [0.5, 0.6) is 0 Å². The molecular weight excluding hydrogens is 302 g/mol. The Balaban J connectivity index is 1.97. The molecule has 0 saturated carbocycles. The average Bonchev–Trinajstić information content (AvgIpc) is 2.47. The van der Waals surface area contributed by atoms with E-state index in [1.807, 2.05) is 30.3 Å². The van der Waals surface area contributed by atoms with Crippen LogP contribution in [0.25, 0.3) is 0 Å². The minimum Gasteiger partial charge on any atom is -0.383 e. The Bertz CT molecular complexity index is 577. The summed E-state index contributed by atoms with van der Waals surface area (Å²) in [4.78, 5) is 5.33. The predicted molar refractivity (Wildman–Crippen MR) is 92.0 cm³/mol. The highest BCUT2D eigenvalue weighted by atomic mass is 35.5. The van der Waals surface area contributed by atoms with E-state index in [1.54, 1.807) is 18.0 Å². The van der Waals surface area contributed by atoms with Gasteiger partial charge in [0.2, 0.25) is 0 Å². The third kappa shape index (κ3) is 5.23. The van der Waals surface area contributed by atoms with Crippen molar-refractivity contribution in [2.24, 2.45) is 0 Å². The van der Waals surface area contributed by atoms with Crippen molar-refractivity contribution >= 4 is 29.2 Å². The second-order valence-electron chi connectivity index (χ2n) is 4.77. The Kier molecular flexibility index (Phi) is 6.36. The summed E-state index contributed by atoms with van der Waals surface area (Å²) >= 11 is 7.82. The van der Waals surface area contributed by atoms with E-state index in [4.69, 9.17) is 17.3 Å². The van der Waals surface area contributed by atoms with Gasteiger partial charge >= 0.3 is 0 Å². The van der Waals surface area contributed by atoms with Crippen molar-refractivity contribution in [3.63, 3.8) is 0 Å². The molecule has 21 heavy (non-hydrogen) atoms. The third-order valence-corrected chi connectivity index (χ3v) is 4.52. The highest BCUT2D eigenvalue weighted by Gasteiger charge is 2.11. The van der Waals surface area contributed by atoms with Crippen LogP contribution >= 0.6 is 23.4 Å². The van der Waals surface area contributed by atoms with Crippen molar-refractivity contribution in [2.45, 2.75) is 24.3 Å². The van der Waals surface area contributed by atoms with Gasteiger partial charge in [-0.15, -0.1) is 11.8 Å². The maximum atomic E-state index is 6.02. The first-order valence-corrected chi connectivity index (χ1v) is 8.36. The Morgan fingerprint density at radius 1 is 1.33 bits per heavy atom. The van der Waals surface area contributed by atoms with Crippen LogP contribution in [-0.4, -0.2) is 23.3 Å². The van der Waals surface area contributed by atoms with E-state index in [0.717, 1.165) is 29.3 Å². The molecule has 0 bridgehead atoms. The first-order chi connectivity index (χ1) is 10.2. The molecule has 0 amide bonds. The number of nitrogens with one attached hydrogen (secondary N) is 1. The molecule has 2 aromatic rings. The summed E-state index contributed by atoms with van der Waals surface area (Å²) in [6, 6.07) is 12.3. The fourth-order valence-corrected chi connectivity index (χ4v) is 3.39. The number of nitrogen functional groups attached to an aromatic ring is 1.